The van der Waals surface area contributed by atoms with Crippen LogP contribution < -0.4 is 11.1 Å². The van der Waals surface area contributed by atoms with Crippen LogP contribution >= 0.6 is 11.6 Å². The van der Waals surface area contributed by atoms with Gasteiger partial charge in [-0.15, -0.1) is 0 Å². The Morgan fingerprint density at radius 2 is 1.95 bits per heavy atom. The molecule has 0 aromatic heterocycles. The van der Waals surface area contributed by atoms with Gasteiger partial charge in [0.05, 0.1) is 10.6 Å². The summed E-state index contributed by atoms with van der Waals surface area (Å²) in [6, 6.07) is 4.87. The molecule has 0 aliphatic carbocycles. The number of benzene rings is 1. The molecule has 0 unspecified atom stereocenters. The van der Waals surface area contributed by atoms with Gasteiger partial charge in [0.2, 0.25) is 5.91 Å². The number of hydrogen-bond acceptors (Lipinski definition) is 3. The first kappa shape index (κ1) is 16.5. The molecule has 0 aliphatic rings. The number of amides is 2. The molecule has 6 heteroatoms. The maximum Gasteiger partial charge on any atom is 0.255 e. The molecular weight excluding hydrogens is 278 g/mol. The average Bonchev–Trinajstić information content (AvgIpc) is 2.40. The highest BCUT2D eigenvalue weighted by Crippen LogP contribution is 2.22. The van der Waals surface area contributed by atoms with Crippen LogP contribution in [-0.2, 0) is 4.79 Å². The summed E-state index contributed by atoms with van der Waals surface area (Å²) >= 11 is 6.12. The van der Waals surface area contributed by atoms with Crippen LogP contribution in [0.2, 0.25) is 5.02 Å². The molecule has 1 aromatic carbocycles. The van der Waals surface area contributed by atoms with Gasteiger partial charge in [0.15, 0.2) is 0 Å². The van der Waals surface area contributed by atoms with E-state index in [1.54, 1.807) is 23.1 Å². The van der Waals surface area contributed by atoms with Crippen molar-refractivity contribution in [2.45, 2.75) is 20.3 Å². The molecule has 20 heavy (non-hydrogen) atoms. The van der Waals surface area contributed by atoms with Gasteiger partial charge in [-0.05, 0) is 32.0 Å². The monoisotopic (exact) mass is 297 g/mol. The standard InChI is InChI=1S/C14H20ClN3O2/c1-3-18(4-2)14(20)11-6-5-10(9-12(11)15)17-13(19)7-8-16/h5-6,9H,3-4,7-8,16H2,1-2H3,(H,17,19). The number of carbonyl (C=O) groups is 2. The van der Waals surface area contributed by atoms with Crippen molar-refractivity contribution in [1.82, 2.24) is 4.90 Å². The predicted octanol–water partition coefficient (Wildman–Crippen LogP) is 2.11. The van der Waals surface area contributed by atoms with Crippen LogP contribution in [-0.4, -0.2) is 36.3 Å². The molecule has 0 atom stereocenters. The summed E-state index contributed by atoms with van der Waals surface area (Å²) in [5.41, 5.74) is 6.30. The lowest BCUT2D eigenvalue weighted by molar-refractivity contribution is -0.116. The Morgan fingerprint density at radius 1 is 1.30 bits per heavy atom. The van der Waals surface area contributed by atoms with Crippen LogP contribution in [0.15, 0.2) is 18.2 Å². The van der Waals surface area contributed by atoms with Crippen LogP contribution in [0.3, 0.4) is 0 Å². The van der Waals surface area contributed by atoms with E-state index in [9.17, 15) is 9.59 Å². The molecule has 3 N–H and O–H groups in total. The van der Waals surface area contributed by atoms with E-state index in [4.69, 9.17) is 17.3 Å². The van der Waals surface area contributed by atoms with E-state index in [0.717, 1.165) is 0 Å². The highest BCUT2D eigenvalue weighted by atomic mass is 35.5. The molecule has 0 radical (unpaired) electrons. The third kappa shape index (κ3) is 4.21. The summed E-state index contributed by atoms with van der Waals surface area (Å²) in [4.78, 5) is 25.3. The second kappa shape index (κ2) is 7.87. The van der Waals surface area contributed by atoms with Crippen molar-refractivity contribution < 1.29 is 9.59 Å². The van der Waals surface area contributed by atoms with Gasteiger partial charge in [-0.2, -0.15) is 0 Å². The number of nitrogens with two attached hydrogens (primary N) is 1. The number of anilines is 1. The summed E-state index contributed by atoms with van der Waals surface area (Å²) < 4.78 is 0. The Hall–Kier alpha value is -1.59. The molecule has 110 valence electrons. The maximum absolute atomic E-state index is 12.2. The molecule has 1 aromatic rings. The van der Waals surface area contributed by atoms with Crippen molar-refractivity contribution in [3.63, 3.8) is 0 Å². The zero-order valence-corrected chi connectivity index (χ0v) is 12.5. The number of rotatable bonds is 6. The Kier molecular flexibility index (Phi) is 6.48. The molecule has 0 saturated carbocycles. The molecule has 5 nitrogen and oxygen atoms in total. The second-order valence-electron chi connectivity index (χ2n) is 4.26. The number of nitrogens with zero attached hydrogens (tertiary/aromatic N) is 1. The topological polar surface area (TPSA) is 75.4 Å². The first-order chi connectivity index (χ1) is 9.53. The average molecular weight is 298 g/mol. The lowest BCUT2D eigenvalue weighted by Crippen LogP contribution is -2.30. The van der Waals surface area contributed by atoms with Gasteiger partial charge >= 0.3 is 0 Å². The Morgan fingerprint density at radius 3 is 2.45 bits per heavy atom. The van der Waals surface area contributed by atoms with E-state index < -0.39 is 0 Å². The van der Waals surface area contributed by atoms with E-state index in [-0.39, 0.29) is 24.8 Å². The summed E-state index contributed by atoms with van der Waals surface area (Å²) in [7, 11) is 0. The van der Waals surface area contributed by atoms with Crippen LogP contribution in [0, 0.1) is 0 Å². The van der Waals surface area contributed by atoms with Crippen molar-refractivity contribution in [3.8, 4) is 0 Å². The highest BCUT2D eigenvalue weighted by molar-refractivity contribution is 6.34. The van der Waals surface area contributed by atoms with Gasteiger partial charge in [-0.1, -0.05) is 11.6 Å². The van der Waals surface area contributed by atoms with Crippen molar-refractivity contribution in [2.75, 3.05) is 25.0 Å². The summed E-state index contributed by atoms with van der Waals surface area (Å²) in [5.74, 6) is -0.286. The largest absolute Gasteiger partial charge is 0.339 e. The lowest BCUT2D eigenvalue weighted by atomic mass is 10.1. The van der Waals surface area contributed by atoms with Crippen LogP contribution in [0.1, 0.15) is 30.6 Å². The minimum Gasteiger partial charge on any atom is -0.339 e. The fraction of sp³-hybridized carbons (Fsp3) is 0.429. The van der Waals surface area contributed by atoms with Crippen LogP contribution in [0.4, 0.5) is 5.69 Å². The summed E-state index contributed by atoms with van der Waals surface area (Å²) in [6.45, 7) is 5.37. The van der Waals surface area contributed by atoms with E-state index >= 15 is 0 Å². The normalized spacial score (nSPS) is 10.2. The maximum atomic E-state index is 12.2. The number of halogens is 1. The molecular formula is C14H20ClN3O2. The van der Waals surface area contributed by atoms with Gasteiger partial charge in [-0.25, -0.2) is 0 Å². The Bertz CT molecular complexity index is 487. The molecule has 0 saturated heterocycles. The summed E-state index contributed by atoms with van der Waals surface area (Å²) in [6.07, 6.45) is 0.248. The van der Waals surface area contributed by atoms with Crippen molar-refractivity contribution in [2.24, 2.45) is 5.73 Å². The zero-order chi connectivity index (χ0) is 15.1. The van der Waals surface area contributed by atoms with E-state index in [1.165, 1.54) is 0 Å². The third-order valence-corrected chi connectivity index (χ3v) is 3.22. The fourth-order valence-corrected chi connectivity index (χ4v) is 2.06. The molecule has 0 fully saturated rings. The van der Waals surface area contributed by atoms with Crippen molar-refractivity contribution in [3.05, 3.63) is 28.8 Å². The second-order valence-corrected chi connectivity index (χ2v) is 4.67. The quantitative estimate of drug-likeness (QED) is 0.844. The van der Waals surface area contributed by atoms with Gasteiger partial charge in [-0.3, -0.25) is 9.59 Å². The van der Waals surface area contributed by atoms with Crippen molar-refractivity contribution >= 4 is 29.1 Å². The van der Waals surface area contributed by atoms with Gasteiger partial charge in [0, 0.05) is 31.7 Å². The van der Waals surface area contributed by atoms with E-state index in [1.807, 2.05) is 13.8 Å². The van der Waals surface area contributed by atoms with Gasteiger partial charge < -0.3 is 16.0 Å². The Labute approximate surface area is 124 Å². The molecule has 0 aliphatic heterocycles. The zero-order valence-electron chi connectivity index (χ0n) is 11.8. The minimum atomic E-state index is -0.175. The first-order valence-electron chi connectivity index (χ1n) is 6.62. The van der Waals surface area contributed by atoms with Crippen LogP contribution in [0.25, 0.3) is 0 Å². The Balaban J connectivity index is 2.88. The fourth-order valence-electron chi connectivity index (χ4n) is 1.80. The van der Waals surface area contributed by atoms with Gasteiger partial charge in [0.1, 0.15) is 0 Å². The summed E-state index contributed by atoms with van der Waals surface area (Å²) in [5, 5.41) is 3.01. The SMILES string of the molecule is CCN(CC)C(=O)c1ccc(NC(=O)CCN)cc1Cl. The van der Waals surface area contributed by atoms with E-state index in [0.29, 0.717) is 29.4 Å². The van der Waals surface area contributed by atoms with Gasteiger partial charge in [0.25, 0.3) is 5.91 Å². The van der Waals surface area contributed by atoms with E-state index in [2.05, 4.69) is 5.32 Å². The van der Waals surface area contributed by atoms with Crippen molar-refractivity contribution in [1.29, 1.82) is 0 Å². The first-order valence-corrected chi connectivity index (χ1v) is 7.00. The number of carbonyl (C=O) groups excluding carboxylic acids is 2. The number of nitrogens with one attached hydrogen (secondary N) is 1. The lowest BCUT2D eigenvalue weighted by Gasteiger charge is -2.19. The minimum absolute atomic E-state index is 0.111. The third-order valence-electron chi connectivity index (χ3n) is 2.91. The molecule has 0 spiro atoms. The predicted molar refractivity (Wildman–Crippen MR) is 81.0 cm³/mol. The van der Waals surface area contributed by atoms with Crippen LogP contribution in [0.5, 0.6) is 0 Å². The number of hydrogen-bond donors (Lipinski definition) is 2. The smallest absolute Gasteiger partial charge is 0.255 e. The molecule has 2 amide bonds. The molecule has 1 rings (SSSR count). The molecule has 0 bridgehead atoms. The highest BCUT2D eigenvalue weighted by Gasteiger charge is 2.16. The molecule has 0 heterocycles.